The molecule has 0 atom stereocenters. The lowest BCUT2D eigenvalue weighted by Crippen LogP contribution is -2.13. The van der Waals surface area contributed by atoms with Crippen molar-refractivity contribution in [2.45, 2.75) is 26.9 Å². The number of aryl methyl sites for hydroxylation is 1. The Kier molecular flexibility index (Phi) is 4.35. The number of alkyl halides is 3. The van der Waals surface area contributed by atoms with Crippen molar-refractivity contribution >= 4 is 23.0 Å². The number of aromatic nitrogens is 4. The molecule has 0 aliphatic carbocycles. The molecular formula is C16H12ClF3N4O2. The average Bonchev–Trinajstić information content (AvgIpc) is 2.98. The molecule has 136 valence electrons. The smallest absolute Gasteiger partial charge is 0.436 e. The minimum Gasteiger partial charge on any atom is -0.436 e. The van der Waals surface area contributed by atoms with Crippen LogP contribution in [0.2, 0.25) is 5.02 Å². The summed E-state index contributed by atoms with van der Waals surface area (Å²) in [5, 5.41) is 10.7. The molecule has 3 aromatic rings. The van der Waals surface area contributed by atoms with Gasteiger partial charge in [0.2, 0.25) is 5.88 Å². The van der Waals surface area contributed by atoms with E-state index < -0.39 is 12.0 Å². The highest BCUT2D eigenvalue weighted by Gasteiger charge is 2.38. The van der Waals surface area contributed by atoms with E-state index >= 15 is 0 Å². The molecule has 0 aliphatic heterocycles. The predicted molar refractivity (Wildman–Crippen MR) is 86.8 cm³/mol. The van der Waals surface area contributed by atoms with E-state index in [4.69, 9.17) is 16.3 Å². The van der Waals surface area contributed by atoms with E-state index in [1.54, 1.807) is 13.8 Å². The zero-order valence-electron chi connectivity index (χ0n) is 13.8. The first kappa shape index (κ1) is 18.1. The van der Waals surface area contributed by atoms with Gasteiger partial charge in [-0.05, 0) is 39.0 Å². The number of Topliss-reactive ketones (excluding diaryl/α,β-unsaturated/α-hetero) is 1. The minimum absolute atomic E-state index is 0.0137. The lowest BCUT2D eigenvalue weighted by molar-refractivity contribution is -0.146. The van der Waals surface area contributed by atoms with Crippen molar-refractivity contribution in [1.82, 2.24) is 19.8 Å². The molecule has 0 radical (unpaired) electrons. The third-order valence-corrected chi connectivity index (χ3v) is 4.14. The lowest BCUT2D eigenvalue weighted by Gasteiger charge is -2.12. The fraction of sp³-hybridized carbons (Fsp3) is 0.250. The van der Waals surface area contributed by atoms with Crippen LogP contribution in [0.25, 0.3) is 5.65 Å². The van der Waals surface area contributed by atoms with Gasteiger partial charge in [0.05, 0.1) is 5.02 Å². The first-order valence-corrected chi connectivity index (χ1v) is 7.75. The average molecular weight is 385 g/mol. The van der Waals surface area contributed by atoms with Crippen molar-refractivity contribution in [3.05, 3.63) is 45.7 Å². The number of nitrogens with zero attached hydrogens (tertiary/aromatic N) is 4. The normalized spacial score (nSPS) is 11.8. The highest BCUT2D eigenvalue weighted by molar-refractivity contribution is 6.32. The summed E-state index contributed by atoms with van der Waals surface area (Å²) in [7, 11) is 0. The van der Waals surface area contributed by atoms with Gasteiger partial charge in [-0.2, -0.15) is 17.7 Å². The number of ketones is 1. The molecule has 0 aliphatic rings. The Bertz CT molecular complexity index is 1030. The second kappa shape index (κ2) is 6.24. The Hall–Kier alpha value is -2.68. The summed E-state index contributed by atoms with van der Waals surface area (Å²) in [6.07, 6.45) is -4.72. The minimum atomic E-state index is -4.72. The predicted octanol–water partition coefficient (Wildman–Crippen LogP) is 4.41. The van der Waals surface area contributed by atoms with E-state index in [1.165, 1.54) is 25.1 Å². The molecule has 0 saturated heterocycles. The SMILES string of the molecule is CC(=O)c1ccc(Oc2nn3c(C(F)(F)F)nnc3c(C)c2C)c(Cl)c1. The number of rotatable bonds is 3. The number of halogens is 4. The second-order valence-corrected chi connectivity index (χ2v) is 6.02. The molecule has 6 nitrogen and oxygen atoms in total. The van der Waals surface area contributed by atoms with Crippen molar-refractivity contribution in [2.75, 3.05) is 0 Å². The first-order chi connectivity index (χ1) is 12.1. The van der Waals surface area contributed by atoms with E-state index in [0.717, 1.165) is 0 Å². The van der Waals surface area contributed by atoms with Crippen molar-refractivity contribution in [1.29, 1.82) is 0 Å². The number of carbonyl (C=O) groups is 1. The Morgan fingerprint density at radius 1 is 1.19 bits per heavy atom. The Balaban J connectivity index is 2.11. The molecule has 10 heteroatoms. The molecule has 26 heavy (non-hydrogen) atoms. The van der Waals surface area contributed by atoms with Crippen LogP contribution in [0.1, 0.15) is 34.2 Å². The van der Waals surface area contributed by atoms with E-state index in [-0.39, 0.29) is 28.1 Å². The quantitative estimate of drug-likeness (QED) is 0.626. The van der Waals surface area contributed by atoms with Crippen LogP contribution in [0.4, 0.5) is 13.2 Å². The van der Waals surface area contributed by atoms with Crippen LogP contribution in [0, 0.1) is 13.8 Å². The van der Waals surface area contributed by atoms with E-state index in [2.05, 4.69) is 15.3 Å². The van der Waals surface area contributed by atoms with Crippen LogP contribution in [0.3, 0.4) is 0 Å². The molecule has 1 aromatic carbocycles. The van der Waals surface area contributed by atoms with Crippen LogP contribution < -0.4 is 4.74 Å². The number of ether oxygens (including phenoxy) is 1. The van der Waals surface area contributed by atoms with Gasteiger partial charge in [0.1, 0.15) is 5.75 Å². The summed E-state index contributed by atoms with van der Waals surface area (Å²) >= 11 is 6.10. The van der Waals surface area contributed by atoms with E-state index in [9.17, 15) is 18.0 Å². The first-order valence-electron chi connectivity index (χ1n) is 7.37. The van der Waals surface area contributed by atoms with Crippen LogP contribution in [0.5, 0.6) is 11.6 Å². The molecule has 0 amide bonds. The van der Waals surface area contributed by atoms with Crippen LogP contribution in [-0.2, 0) is 6.18 Å². The monoisotopic (exact) mass is 384 g/mol. The molecule has 0 spiro atoms. The molecule has 0 saturated carbocycles. The van der Waals surface area contributed by atoms with Crippen molar-refractivity contribution in [3.63, 3.8) is 0 Å². The summed E-state index contributed by atoms with van der Waals surface area (Å²) in [6.45, 7) is 4.62. The van der Waals surface area contributed by atoms with Crippen LogP contribution in [0.15, 0.2) is 18.2 Å². The van der Waals surface area contributed by atoms with Crippen molar-refractivity contribution in [3.8, 4) is 11.6 Å². The molecule has 3 rings (SSSR count). The number of carbonyl (C=O) groups excluding carboxylic acids is 1. The summed E-state index contributed by atoms with van der Waals surface area (Å²) in [5.74, 6) is -1.34. The maximum Gasteiger partial charge on any atom is 0.453 e. The second-order valence-electron chi connectivity index (χ2n) is 5.62. The highest BCUT2D eigenvalue weighted by atomic mass is 35.5. The number of hydrogen-bond acceptors (Lipinski definition) is 5. The van der Waals surface area contributed by atoms with Gasteiger partial charge >= 0.3 is 6.18 Å². The molecule has 0 unspecified atom stereocenters. The van der Waals surface area contributed by atoms with E-state index in [0.29, 0.717) is 21.2 Å². The Labute approximate surface area is 150 Å². The molecule has 0 N–H and O–H groups in total. The zero-order chi connectivity index (χ0) is 19.2. The maximum absolute atomic E-state index is 13.1. The van der Waals surface area contributed by atoms with Crippen molar-refractivity contribution < 1.29 is 22.7 Å². The van der Waals surface area contributed by atoms with Gasteiger partial charge in [-0.3, -0.25) is 4.79 Å². The number of benzene rings is 1. The standard InChI is InChI=1S/C16H12ClF3N4O2/c1-7-8(2)14(23-24-13(7)21-22-15(24)16(18,19)20)26-12-5-4-10(9(3)25)6-11(12)17/h4-6H,1-3H3. The molecular weight excluding hydrogens is 373 g/mol. The van der Waals surface area contributed by atoms with Gasteiger partial charge in [-0.15, -0.1) is 15.3 Å². The third kappa shape index (κ3) is 3.10. The topological polar surface area (TPSA) is 69.4 Å². The molecule has 0 bridgehead atoms. The summed E-state index contributed by atoms with van der Waals surface area (Å²) in [4.78, 5) is 11.4. The van der Waals surface area contributed by atoms with Gasteiger partial charge < -0.3 is 4.74 Å². The molecule has 2 aromatic heterocycles. The number of hydrogen-bond donors (Lipinski definition) is 0. The number of fused-ring (bicyclic) bond motifs is 1. The Morgan fingerprint density at radius 2 is 1.88 bits per heavy atom. The summed E-state index contributed by atoms with van der Waals surface area (Å²) in [6, 6.07) is 4.38. The zero-order valence-corrected chi connectivity index (χ0v) is 14.6. The third-order valence-electron chi connectivity index (χ3n) is 3.85. The lowest BCUT2D eigenvalue weighted by atomic mass is 10.1. The van der Waals surface area contributed by atoms with Gasteiger partial charge in [0, 0.05) is 16.7 Å². The highest BCUT2D eigenvalue weighted by Crippen LogP contribution is 2.34. The molecule has 2 heterocycles. The Morgan fingerprint density at radius 3 is 2.46 bits per heavy atom. The van der Waals surface area contributed by atoms with Crippen molar-refractivity contribution in [2.24, 2.45) is 0 Å². The summed E-state index contributed by atoms with van der Waals surface area (Å²) < 4.78 is 45.4. The fourth-order valence-corrected chi connectivity index (χ4v) is 2.50. The van der Waals surface area contributed by atoms with Gasteiger partial charge in [0.25, 0.3) is 5.82 Å². The molecule has 0 fully saturated rings. The fourth-order valence-electron chi connectivity index (χ4n) is 2.28. The maximum atomic E-state index is 13.1. The van der Waals surface area contributed by atoms with Gasteiger partial charge in [-0.25, -0.2) is 0 Å². The van der Waals surface area contributed by atoms with Crippen LogP contribution in [-0.4, -0.2) is 25.6 Å². The van der Waals surface area contributed by atoms with Gasteiger partial charge in [0.15, 0.2) is 11.4 Å². The summed E-state index contributed by atoms with van der Waals surface area (Å²) in [5.41, 5.74) is 1.30. The van der Waals surface area contributed by atoms with Crippen LogP contribution >= 0.6 is 11.6 Å². The largest absolute Gasteiger partial charge is 0.453 e. The van der Waals surface area contributed by atoms with E-state index in [1.807, 2.05) is 0 Å². The van der Waals surface area contributed by atoms with Gasteiger partial charge in [-0.1, -0.05) is 11.6 Å².